The third-order valence-electron chi connectivity index (χ3n) is 6.49. The Morgan fingerprint density at radius 2 is 1.58 bits per heavy atom. The first-order valence-corrected chi connectivity index (χ1v) is 11.5. The maximum absolute atomic E-state index is 13.2. The molecule has 2 atom stereocenters. The van der Waals surface area contributed by atoms with Gasteiger partial charge < -0.3 is 19.7 Å². The van der Waals surface area contributed by atoms with E-state index in [1.807, 2.05) is 30.3 Å². The lowest BCUT2D eigenvalue weighted by molar-refractivity contribution is -0.147. The molecule has 0 radical (unpaired) electrons. The van der Waals surface area contributed by atoms with Crippen LogP contribution in [0.5, 0.6) is 0 Å². The van der Waals surface area contributed by atoms with Gasteiger partial charge in [0.2, 0.25) is 5.91 Å². The Morgan fingerprint density at radius 1 is 0.972 bits per heavy atom. The van der Waals surface area contributed by atoms with Crippen LogP contribution in [0.3, 0.4) is 0 Å². The molecule has 10 nitrogen and oxygen atoms in total. The molecule has 0 spiro atoms. The number of fused-ring (bicyclic) bond motifs is 1. The third-order valence-corrected chi connectivity index (χ3v) is 6.49. The molecule has 36 heavy (non-hydrogen) atoms. The van der Waals surface area contributed by atoms with Crippen LogP contribution < -0.4 is 5.32 Å². The van der Waals surface area contributed by atoms with Gasteiger partial charge in [0.25, 0.3) is 11.8 Å². The zero-order valence-corrected chi connectivity index (χ0v) is 20.1. The molecule has 0 aliphatic carbocycles. The minimum absolute atomic E-state index is 0.0609. The van der Waals surface area contributed by atoms with Crippen molar-refractivity contribution in [2.24, 2.45) is 5.92 Å². The number of benzene rings is 2. The summed E-state index contributed by atoms with van der Waals surface area (Å²) in [4.78, 5) is 66.0. The number of alkyl carbamates (subject to hydrolysis) is 1. The van der Waals surface area contributed by atoms with Crippen molar-refractivity contribution in [1.82, 2.24) is 15.1 Å². The summed E-state index contributed by atoms with van der Waals surface area (Å²) in [6, 6.07) is 15.6. The first kappa shape index (κ1) is 24.9. The van der Waals surface area contributed by atoms with Gasteiger partial charge in [-0.15, -0.1) is 0 Å². The highest BCUT2D eigenvalue weighted by atomic mass is 16.5. The number of likely N-dealkylation sites (tertiary alicyclic amines) is 1. The van der Waals surface area contributed by atoms with Crippen molar-refractivity contribution >= 4 is 29.8 Å². The Labute approximate surface area is 208 Å². The van der Waals surface area contributed by atoms with Crippen molar-refractivity contribution < 1.29 is 33.4 Å². The number of esters is 1. The lowest BCUT2D eigenvalue weighted by atomic mass is 10.0. The van der Waals surface area contributed by atoms with Crippen molar-refractivity contribution in [3.8, 4) is 0 Å². The van der Waals surface area contributed by atoms with Gasteiger partial charge in [0, 0.05) is 19.6 Å². The molecular weight excluding hydrogens is 466 g/mol. The van der Waals surface area contributed by atoms with Gasteiger partial charge in [-0.1, -0.05) is 42.5 Å². The van der Waals surface area contributed by atoms with E-state index in [9.17, 15) is 24.0 Å². The van der Waals surface area contributed by atoms with E-state index in [-0.39, 0.29) is 37.4 Å². The number of carbonyl (C=O) groups is 5. The summed E-state index contributed by atoms with van der Waals surface area (Å²) < 4.78 is 10.1. The number of ether oxygens (including phenoxy) is 2. The highest BCUT2D eigenvalue weighted by Gasteiger charge is 2.46. The van der Waals surface area contributed by atoms with Crippen LogP contribution in [0.1, 0.15) is 39.6 Å². The molecule has 0 saturated carbocycles. The second-order valence-electron chi connectivity index (χ2n) is 9.01. The quantitative estimate of drug-likeness (QED) is 0.441. The van der Waals surface area contributed by atoms with E-state index in [4.69, 9.17) is 9.47 Å². The largest absolute Gasteiger partial charge is 0.469 e. The Morgan fingerprint density at radius 3 is 2.19 bits per heavy atom. The molecule has 0 unspecified atom stereocenters. The molecule has 1 saturated heterocycles. The zero-order chi connectivity index (χ0) is 25.9. The van der Waals surface area contributed by atoms with Gasteiger partial charge in [-0.2, -0.15) is 0 Å². The van der Waals surface area contributed by atoms with Crippen LogP contribution >= 0.6 is 0 Å². The monoisotopic (exact) mass is 493 g/mol. The standard InChI is InChI=1S/C26H27N3O7/c1-26(27-25(34)36-16-17-8-4-3-5-9-17)12-13-28(24(26)33)14-18(23(32)35-2)15-29-21(30)19-10-6-7-11-20(19)22(29)31/h3-11,18H,12-16H2,1-2H3,(H,27,34)/t18-,26+/m0/s1. The van der Waals surface area contributed by atoms with Crippen LogP contribution in [-0.4, -0.2) is 71.9 Å². The van der Waals surface area contributed by atoms with Crippen LogP contribution in [0.25, 0.3) is 0 Å². The van der Waals surface area contributed by atoms with Crippen molar-refractivity contribution in [3.63, 3.8) is 0 Å². The zero-order valence-electron chi connectivity index (χ0n) is 20.1. The van der Waals surface area contributed by atoms with Crippen molar-refractivity contribution in [1.29, 1.82) is 0 Å². The van der Waals surface area contributed by atoms with Gasteiger partial charge in [0.05, 0.1) is 24.2 Å². The molecule has 0 aromatic heterocycles. The van der Waals surface area contributed by atoms with Gasteiger partial charge in [0.1, 0.15) is 12.1 Å². The summed E-state index contributed by atoms with van der Waals surface area (Å²) in [6.07, 6.45) is -0.431. The molecule has 188 valence electrons. The molecule has 4 rings (SSSR count). The third kappa shape index (κ3) is 4.93. The van der Waals surface area contributed by atoms with Crippen LogP contribution in [0, 0.1) is 5.92 Å². The summed E-state index contributed by atoms with van der Waals surface area (Å²) in [7, 11) is 1.21. The lowest BCUT2D eigenvalue weighted by Gasteiger charge is -2.27. The molecule has 1 fully saturated rings. The average molecular weight is 494 g/mol. The highest BCUT2D eigenvalue weighted by Crippen LogP contribution is 2.27. The van der Waals surface area contributed by atoms with Crippen molar-refractivity contribution in [2.75, 3.05) is 26.7 Å². The second-order valence-corrected chi connectivity index (χ2v) is 9.01. The van der Waals surface area contributed by atoms with Crippen molar-refractivity contribution in [2.45, 2.75) is 25.5 Å². The maximum Gasteiger partial charge on any atom is 0.408 e. The van der Waals surface area contributed by atoms with E-state index in [0.717, 1.165) is 10.5 Å². The number of amides is 4. The normalized spacial score (nSPS) is 19.8. The van der Waals surface area contributed by atoms with Crippen LogP contribution in [0.15, 0.2) is 54.6 Å². The number of nitrogens with zero attached hydrogens (tertiary/aromatic N) is 2. The minimum Gasteiger partial charge on any atom is -0.469 e. The summed E-state index contributed by atoms with van der Waals surface area (Å²) in [6.45, 7) is 1.62. The molecule has 2 aliphatic rings. The number of hydrogen-bond acceptors (Lipinski definition) is 7. The number of methoxy groups -OCH3 is 1. The maximum atomic E-state index is 13.2. The van der Waals surface area contributed by atoms with E-state index < -0.39 is 41.2 Å². The number of rotatable bonds is 8. The molecule has 2 aromatic carbocycles. The number of carbonyl (C=O) groups excluding carboxylic acids is 5. The van der Waals surface area contributed by atoms with Gasteiger partial charge in [-0.05, 0) is 31.0 Å². The number of imide groups is 1. The average Bonchev–Trinajstić information content (AvgIpc) is 3.30. The molecule has 0 bridgehead atoms. The first-order chi connectivity index (χ1) is 17.2. The molecule has 4 amide bonds. The van der Waals surface area contributed by atoms with Crippen molar-refractivity contribution in [3.05, 3.63) is 71.3 Å². The Kier molecular flexibility index (Phi) is 7.05. The molecule has 1 N–H and O–H groups in total. The summed E-state index contributed by atoms with van der Waals surface area (Å²) in [5, 5.41) is 2.63. The molecule has 10 heteroatoms. The SMILES string of the molecule is COC(=O)[C@@H](CN1CC[C@@](C)(NC(=O)OCc2ccccc2)C1=O)CN1C(=O)c2ccccc2C1=O. The fourth-order valence-corrected chi connectivity index (χ4v) is 4.46. The minimum atomic E-state index is -1.22. The fourth-order valence-electron chi connectivity index (χ4n) is 4.46. The smallest absolute Gasteiger partial charge is 0.408 e. The number of hydrogen-bond donors (Lipinski definition) is 1. The van der Waals surface area contributed by atoms with Gasteiger partial charge in [0.15, 0.2) is 0 Å². The topological polar surface area (TPSA) is 122 Å². The summed E-state index contributed by atoms with van der Waals surface area (Å²) in [5.41, 5.74) is 0.138. The van der Waals surface area contributed by atoms with E-state index >= 15 is 0 Å². The van der Waals surface area contributed by atoms with Crippen LogP contribution in [0.4, 0.5) is 4.79 Å². The van der Waals surface area contributed by atoms with E-state index in [0.29, 0.717) is 6.42 Å². The van der Waals surface area contributed by atoms with Crippen LogP contribution in [-0.2, 0) is 25.7 Å². The molecular formula is C26H27N3O7. The van der Waals surface area contributed by atoms with Gasteiger partial charge >= 0.3 is 12.1 Å². The van der Waals surface area contributed by atoms with Gasteiger partial charge in [-0.25, -0.2) is 4.79 Å². The Balaban J connectivity index is 1.39. The summed E-state index contributed by atoms with van der Waals surface area (Å²) >= 11 is 0. The molecule has 2 aromatic rings. The molecule has 2 heterocycles. The predicted molar refractivity (Wildman–Crippen MR) is 127 cm³/mol. The first-order valence-electron chi connectivity index (χ1n) is 11.5. The van der Waals surface area contributed by atoms with E-state index in [1.165, 1.54) is 12.0 Å². The fraction of sp³-hybridized carbons (Fsp3) is 0.346. The lowest BCUT2D eigenvalue weighted by Crippen LogP contribution is -2.53. The van der Waals surface area contributed by atoms with E-state index in [1.54, 1.807) is 31.2 Å². The number of nitrogens with one attached hydrogen (secondary N) is 1. The van der Waals surface area contributed by atoms with Crippen LogP contribution in [0.2, 0.25) is 0 Å². The van der Waals surface area contributed by atoms with Gasteiger partial charge in [-0.3, -0.25) is 24.1 Å². The predicted octanol–water partition coefficient (Wildman–Crippen LogP) is 1.99. The Hall–Kier alpha value is -4.21. The van der Waals surface area contributed by atoms with E-state index in [2.05, 4.69) is 5.32 Å². The Bertz CT molecular complexity index is 1160. The summed E-state index contributed by atoms with van der Waals surface area (Å²) in [5.74, 6) is -2.98. The highest BCUT2D eigenvalue weighted by molar-refractivity contribution is 6.21. The second kappa shape index (κ2) is 10.2. The molecule has 2 aliphatic heterocycles.